The van der Waals surface area contributed by atoms with Crippen molar-refractivity contribution in [2.75, 3.05) is 6.61 Å². The van der Waals surface area contributed by atoms with Gasteiger partial charge in [0.25, 0.3) is 0 Å². The summed E-state index contributed by atoms with van der Waals surface area (Å²) in [5.41, 5.74) is 1.89. The van der Waals surface area contributed by atoms with Gasteiger partial charge >= 0.3 is 0 Å². The quantitative estimate of drug-likeness (QED) is 0.713. The van der Waals surface area contributed by atoms with Crippen LogP contribution in [-0.4, -0.2) is 12.6 Å². The first kappa shape index (κ1) is 12.6. The van der Waals surface area contributed by atoms with Gasteiger partial charge in [-0.15, -0.1) is 0 Å². The van der Waals surface area contributed by atoms with E-state index in [1.54, 1.807) is 6.07 Å². The molecule has 0 saturated carbocycles. The van der Waals surface area contributed by atoms with Crippen LogP contribution in [0.1, 0.15) is 41.3 Å². The maximum atomic E-state index is 11.0. The lowest BCUT2D eigenvalue weighted by atomic mass is 10.1. The third-order valence-electron chi connectivity index (χ3n) is 2.38. The Labute approximate surface area is 96.1 Å². The average Bonchev–Trinajstić information content (AvgIpc) is 2.20. The Bertz CT molecular complexity index is 383. The first-order valence-electron chi connectivity index (χ1n) is 5.51. The number of carbonyl (C=O) groups excluding carboxylic acids is 1. The van der Waals surface area contributed by atoms with E-state index in [0.717, 1.165) is 24.0 Å². The highest BCUT2D eigenvalue weighted by Crippen LogP contribution is 2.25. The molecule has 1 aromatic carbocycles. The summed E-state index contributed by atoms with van der Waals surface area (Å²) in [6.07, 6.45) is 1.94. The van der Waals surface area contributed by atoms with Gasteiger partial charge in [-0.1, -0.05) is 19.4 Å². The molecule has 88 valence electrons. The normalized spacial score (nSPS) is 10.2. The van der Waals surface area contributed by atoms with Crippen molar-refractivity contribution in [3.8, 4) is 5.75 Å². The lowest BCUT2D eigenvalue weighted by molar-refractivity contribution is -0.255. The number of carboxylic acid groups (broad SMARTS) is 1. The van der Waals surface area contributed by atoms with Crippen molar-refractivity contribution in [2.24, 2.45) is 0 Å². The van der Waals surface area contributed by atoms with Gasteiger partial charge in [0.2, 0.25) is 0 Å². The molecule has 0 bridgehead atoms. The van der Waals surface area contributed by atoms with Crippen molar-refractivity contribution in [3.63, 3.8) is 0 Å². The van der Waals surface area contributed by atoms with E-state index in [1.807, 2.05) is 19.9 Å². The first-order valence-corrected chi connectivity index (χ1v) is 5.51. The molecule has 0 saturated heterocycles. The molecule has 0 radical (unpaired) electrons. The number of ether oxygens (including phenoxy) is 1. The summed E-state index contributed by atoms with van der Waals surface area (Å²) in [5.74, 6) is -0.739. The van der Waals surface area contributed by atoms with Crippen LogP contribution in [0.2, 0.25) is 0 Å². The predicted octanol–water partition coefficient (Wildman–Crippen LogP) is 1.85. The van der Waals surface area contributed by atoms with Crippen LogP contribution < -0.4 is 9.84 Å². The minimum Gasteiger partial charge on any atom is -0.545 e. The van der Waals surface area contributed by atoms with Crippen molar-refractivity contribution in [3.05, 3.63) is 28.8 Å². The van der Waals surface area contributed by atoms with E-state index in [0.29, 0.717) is 12.4 Å². The Kier molecular flexibility index (Phi) is 4.35. The van der Waals surface area contributed by atoms with Gasteiger partial charge in [0.15, 0.2) is 0 Å². The Morgan fingerprint density at radius 2 is 2.06 bits per heavy atom. The Morgan fingerprint density at radius 1 is 1.38 bits per heavy atom. The highest BCUT2D eigenvalue weighted by molar-refractivity contribution is 5.90. The average molecular weight is 221 g/mol. The lowest BCUT2D eigenvalue weighted by Gasteiger charge is -2.15. The molecule has 0 aliphatic rings. The van der Waals surface area contributed by atoms with Gasteiger partial charge in [-0.25, -0.2) is 0 Å². The van der Waals surface area contributed by atoms with Crippen molar-refractivity contribution in [1.82, 2.24) is 0 Å². The molecule has 0 atom stereocenters. The largest absolute Gasteiger partial charge is 0.545 e. The lowest BCUT2D eigenvalue weighted by Crippen LogP contribution is -2.23. The fourth-order valence-electron chi connectivity index (χ4n) is 1.62. The van der Waals surface area contributed by atoms with Crippen LogP contribution in [0.3, 0.4) is 0 Å². The molecule has 0 N–H and O–H groups in total. The summed E-state index contributed by atoms with van der Waals surface area (Å²) in [5, 5.41) is 11.0. The third kappa shape index (κ3) is 2.99. The minimum atomic E-state index is -1.18. The number of hydrogen-bond acceptors (Lipinski definition) is 3. The molecule has 3 nitrogen and oxygen atoms in total. The summed E-state index contributed by atoms with van der Waals surface area (Å²) < 4.78 is 5.50. The molecule has 0 aliphatic heterocycles. The molecule has 0 aromatic heterocycles. The van der Waals surface area contributed by atoms with Gasteiger partial charge in [-0.05, 0) is 37.5 Å². The molecule has 16 heavy (non-hydrogen) atoms. The smallest absolute Gasteiger partial charge is 0.131 e. The van der Waals surface area contributed by atoms with Crippen LogP contribution in [0.4, 0.5) is 0 Å². The number of unbranched alkanes of at least 4 members (excludes halogenated alkanes) is 1. The van der Waals surface area contributed by atoms with Crippen LogP contribution in [0, 0.1) is 13.8 Å². The summed E-state index contributed by atoms with van der Waals surface area (Å²) >= 11 is 0. The highest BCUT2D eigenvalue weighted by Gasteiger charge is 2.09. The summed E-state index contributed by atoms with van der Waals surface area (Å²) in [6.45, 7) is 6.31. The van der Waals surface area contributed by atoms with Crippen molar-refractivity contribution in [2.45, 2.75) is 33.6 Å². The molecule has 0 aliphatic carbocycles. The molecular formula is C13H17O3-. The van der Waals surface area contributed by atoms with Gasteiger partial charge in [0.1, 0.15) is 5.75 Å². The van der Waals surface area contributed by atoms with Gasteiger partial charge in [0.05, 0.1) is 12.6 Å². The summed E-state index contributed by atoms with van der Waals surface area (Å²) in [6, 6.07) is 3.50. The SMILES string of the molecule is CCCCOc1c(C)cc(C)cc1C(=O)[O-]. The fraction of sp³-hybridized carbons (Fsp3) is 0.462. The summed E-state index contributed by atoms with van der Waals surface area (Å²) in [4.78, 5) is 11.0. The zero-order valence-electron chi connectivity index (χ0n) is 10.0. The Balaban J connectivity index is 2.99. The van der Waals surface area contributed by atoms with Gasteiger partial charge in [-0.3, -0.25) is 0 Å². The van der Waals surface area contributed by atoms with Gasteiger partial charge < -0.3 is 14.6 Å². The molecule has 3 heteroatoms. The van der Waals surface area contributed by atoms with E-state index in [2.05, 4.69) is 6.92 Å². The van der Waals surface area contributed by atoms with E-state index in [-0.39, 0.29) is 5.56 Å². The molecule has 0 fully saturated rings. The second kappa shape index (κ2) is 5.54. The molecule has 1 rings (SSSR count). The Hall–Kier alpha value is -1.51. The molecule has 0 amide bonds. The standard InChI is InChI=1S/C13H18O3/c1-4-5-6-16-12-10(3)7-9(2)8-11(12)13(14)15/h7-8H,4-6H2,1-3H3,(H,14,15)/p-1. The zero-order valence-corrected chi connectivity index (χ0v) is 10.0. The minimum absolute atomic E-state index is 0.147. The summed E-state index contributed by atoms with van der Waals surface area (Å²) in [7, 11) is 0. The van der Waals surface area contributed by atoms with Crippen LogP contribution >= 0.6 is 0 Å². The van der Waals surface area contributed by atoms with Crippen LogP contribution in [0.15, 0.2) is 12.1 Å². The topological polar surface area (TPSA) is 49.4 Å². The number of aryl methyl sites for hydroxylation is 2. The third-order valence-corrected chi connectivity index (χ3v) is 2.38. The number of carbonyl (C=O) groups is 1. The van der Waals surface area contributed by atoms with Crippen LogP contribution in [0.5, 0.6) is 5.75 Å². The monoisotopic (exact) mass is 221 g/mol. The van der Waals surface area contributed by atoms with E-state index in [9.17, 15) is 9.90 Å². The Morgan fingerprint density at radius 3 is 2.62 bits per heavy atom. The predicted molar refractivity (Wildman–Crippen MR) is 60.6 cm³/mol. The zero-order chi connectivity index (χ0) is 12.1. The van der Waals surface area contributed by atoms with Gasteiger partial charge in [0, 0.05) is 5.56 Å². The van der Waals surface area contributed by atoms with Crippen LogP contribution in [0.25, 0.3) is 0 Å². The van der Waals surface area contributed by atoms with Crippen molar-refractivity contribution >= 4 is 5.97 Å². The van der Waals surface area contributed by atoms with E-state index in [1.165, 1.54) is 0 Å². The number of carboxylic acids is 1. The number of aromatic carboxylic acids is 1. The van der Waals surface area contributed by atoms with E-state index in [4.69, 9.17) is 4.74 Å². The fourth-order valence-corrected chi connectivity index (χ4v) is 1.62. The van der Waals surface area contributed by atoms with Gasteiger partial charge in [-0.2, -0.15) is 0 Å². The molecule has 1 aromatic rings. The van der Waals surface area contributed by atoms with E-state index < -0.39 is 5.97 Å². The number of benzene rings is 1. The second-order valence-corrected chi connectivity index (χ2v) is 3.95. The number of hydrogen-bond donors (Lipinski definition) is 0. The maximum Gasteiger partial charge on any atom is 0.131 e. The number of rotatable bonds is 5. The second-order valence-electron chi connectivity index (χ2n) is 3.95. The molecule has 0 unspecified atom stereocenters. The van der Waals surface area contributed by atoms with E-state index >= 15 is 0 Å². The van der Waals surface area contributed by atoms with Crippen molar-refractivity contribution < 1.29 is 14.6 Å². The maximum absolute atomic E-state index is 11.0. The molecular weight excluding hydrogens is 204 g/mol. The van der Waals surface area contributed by atoms with Crippen LogP contribution in [-0.2, 0) is 0 Å². The first-order chi connectivity index (χ1) is 7.56. The molecule has 0 heterocycles. The molecule has 0 spiro atoms. The van der Waals surface area contributed by atoms with Crippen molar-refractivity contribution in [1.29, 1.82) is 0 Å². The highest BCUT2D eigenvalue weighted by atomic mass is 16.5.